The number of carbonyl (C=O) groups excluding carboxylic acids is 2. The molecule has 0 heterocycles. The van der Waals surface area contributed by atoms with E-state index in [1.807, 2.05) is 24.3 Å². The molecule has 0 aliphatic carbocycles. The largest absolute Gasteiger partial charge is 0.348 e. The van der Waals surface area contributed by atoms with Gasteiger partial charge in [0.2, 0.25) is 0 Å². The van der Waals surface area contributed by atoms with Gasteiger partial charge in [0.05, 0.1) is 0 Å². The molecule has 0 aliphatic heterocycles. The molecular weight excluding hydrogens is 379 g/mol. The number of nitrogens with one attached hydrogen (secondary N) is 2. The van der Waals surface area contributed by atoms with E-state index in [4.69, 9.17) is 0 Å². The zero-order chi connectivity index (χ0) is 21.7. The Morgan fingerprint density at radius 3 is 2.03 bits per heavy atom. The summed E-state index contributed by atoms with van der Waals surface area (Å²) in [5.41, 5.74) is 3.54. The molecule has 0 unspecified atom stereocenters. The highest BCUT2D eigenvalue weighted by molar-refractivity contribution is 6.04. The number of anilines is 1. The van der Waals surface area contributed by atoms with E-state index in [2.05, 4.69) is 31.4 Å². The Bertz CT molecular complexity index is 1040. The van der Waals surface area contributed by atoms with Gasteiger partial charge in [-0.05, 0) is 59.0 Å². The third-order valence-corrected chi connectivity index (χ3v) is 4.76. The van der Waals surface area contributed by atoms with Gasteiger partial charge in [-0.1, -0.05) is 51.1 Å². The van der Waals surface area contributed by atoms with Gasteiger partial charge in [-0.3, -0.25) is 9.59 Å². The highest BCUT2D eigenvalue weighted by Gasteiger charge is 2.14. The topological polar surface area (TPSA) is 58.2 Å². The summed E-state index contributed by atoms with van der Waals surface area (Å²) >= 11 is 0. The molecule has 3 aromatic carbocycles. The van der Waals surface area contributed by atoms with E-state index in [0.717, 1.165) is 5.56 Å². The summed E-state index contributed by atoms with van der Waals surface area (Å²) in [6.07, 6.45) is 0. The predicted octanol–water partition coefficient (Wildman–Crippen LogP) is 5.31. The molecule has 30 heavy (non-hydrogen) atoms. The number of halogens is 1. The van der Waals surface area contributed by atoms with Gasteiger partial charge >= 0.3 is 0 Å². The lowest BCUT2D eigenvalue weighted by atomic mass is 9.87. The minimum absolute atomic E-state index is 0.0394. The first kappa shape index (κ1) is 21.2. The molecule has 0 saturated heterocycles. The molecule has 0 bridgehead atoms. The summed E-state index contributed by atoms with van der Waals surface area (Å²) in [6, 6.07) is 20.3. The van der Waals surface area contributed by atoms with Crippen molar-refractivity contribution in [3.8, 4) is 0 Å². The van der Waals surface area contributed by atoms with E-state index in [1.165, 1.54) is 23.8 Å². The molecule has 0 radical (unpaired) electrons. The van der Waals surface area contributed by atoms with Crippen LogP contribution < -0.4 is 10.6 Å². The number of benzene rings is 3. The molecule has 3 rings (SSSR count). The standard InChI is InChI=1S/C25H25FN2O2/c1-25(2,3)20-13-11-18(12-14-20)23(29)27-16-17-7-9-19(10-8-17)24(30)28-22-6-4-5-21(26)15-22/h4-15H,16H2,1-3H3,(H,27,29)(H,28,30). The van der Waals surface area contributed by atoms with E-state index >= 15 is 0 Å². The van der Waals surface area contributed by atoms with Gasteiger partial charge in [0.1, 0.15) is 5.82 Å². The van der Waals surface area contributed by atoms with E-state index in [-0.39, 0.29) is 17.2 Å². The van der Waals surface area contributed by atoms with Crippen LogP contribution in [0.15, 0.2) is 72.8 Å². The summed E-state index contributed by atoms with van der Waals surface area (Å²) in [4.78, 5) is 24.7. The average Bonchev–Trinajstić information content (AvgIpc) is 2.72. The maximum absolute atomic E-state index is 13.2. The molecule has 0 fully saturated rings. The average molecular weight is 404 g/mol. The number of hydrogen-bond acceptors (Lipinski definition) is 2. The molecular formula is C25H25FN2O2. The molecule has 0 atom stereocenters. The van der Waals surface area contributed by atoms with Crippen molar-refractivity contribution < 1.29 is 14.0 Å². The Kier molecular flexibility index (Phi) is 6.31. The van der Waals surface area contributed by atoms with Crippen LogP contribution in [0.5, 0.6) is 0 Å². The van der Waals surface area contributed by atoms with Crippen molar-refractivity contribution in [2.24, 2.45) is 0 Å². The van der Waals surface area contributed by atoms with Crippen molar-refractivity contribution in [3.63, 3.8) is 0 Å². The van der Waals surface area contributed by atoms with E-state index in [0.29, 0.717) is 23.4 Å². The van der Waals surface area contributed by atoms with Crippen molar-refractivity contribution in [1.82, 2.24) is 5.32 Å². The van der Waals surface area contributed by atoms with Crippen molar-refractivity contribution in [3.05, 3.63) is 101 Å². The van der Waals surface area contributed by atoms with Gasteiger partial charge in [0.25, 0.3) is 11.8 Å². The van der Waals surface area contributed by atoms with Crippen molar-refractivity contribution in [2.45, 2.75) is 32.7 Å². The van der Waals surface area contributed by atoms with Crippen LogP contribution in [0.2, 0.25) is 0 Å². The summed E-state index contributed by atoms with van der Waals surface area (Å²) < 4.78 is 13.2. The zero-order valence-corrected chi connectivity index (χ0v) is 17.3. The van der Waals surface area contributed by atoms with E-state index < -0.39 is 5.82 Å². The fraction of sp³-hybridized carbons (Fsp3) is 0.200. The summed E-state index contributed by atoms with van der Waals surface area (Å²) in [5, 5.41) is 5.54. The molecule has 0 saturated carbocycles. The smallest absolute Gasteiger partial charge is 0.255 e. The highest BCUT2D eigenvalue weighted by atomic mass is 19.1. The molecule has 2 N–H and O–H groups in total. The Balaban J connectivity index is 1.56. The second-order valence-electron chi connectivity index (χ2n) is 8.17. The molecule has 0 aliphatic rings. The fourth-order valence-corrected chi connectivity index (χ4v) is 2.95. The van der Waals surface area contributed by atoms with Crippen LogP contribution in [0.4, 0.5) is 10.1 Å². The highest BCUT2D eigenvalue weighted by Crippen LogP contribution is 2.22. The molecule has 5 heteroatoms. The van der Waals surface area contributed by atoms with Gasteiger partial charge in [-0.15, -0.1) is 0 Å². The summed E-state index contributed by atoms with van der Waals surface area (Å²) in [6.45, 7) is 6.74. The lowest BCUT2D eigenvalue weighted by molar-refractivity contribution is 0.0949. The first-order chi connectivity index (χ1) is 14.2. The van der Waals surface area contributed by atoms with E-state index in [1.54, 1.807) is 30.3 Å². The predicted molar refractivity (Wildman–Crippen MR) is 117 cm³/mol. The van der Waals surface area contributed by atoms with Gasteiger partial charge < -0.3 is 10.6 Å². The monoisotopic (exact) mass is 404 g/mol. The van der Waals surface area contributed by atoms with E-state index in [9.17, 15) is 14.0 Å². The SMILES string of the molecule is CC(C)(C)c1ccc(C(=O)NCc2ccc(C(=O)Nc3cccc(F)c3)cc2)cc1. The molecule has 0 spiro atoms. The van der Waals surface area contributed by atoms with Crippen LogP contribution in [-0.4, -0.2) is 11.8 Å². The van der Waals surface area contributed by atoms with Crippen LogP contribution in [0, 0.1) is 5.82 Å². The maximum Gasteiger partial charge on any atom is 0.255 e. The molecule has 2 amide bonds. The first-order valence-corrected chi connectivity index (χ1v) is 9.77. The minimum Gasteiger partial charge on any atom is -0.348 e. The Morgan fingerprint density at radius 2 is 1.43 bits per heavy atom. The van der Waals surface area contributed by atoms with Gasteiger partial charge in [-0.2, -0.15) is 0 Å². The number of hydrogen-bond donors (Lipinski definition) is 2. The van der Waals surface area contributed by atoms with Crippen LogP contribution in [0.1, 0.15) is 52.6 Å². The third kappa shape index (κ3) is 5.54. The summed E-state index contributed by atoms with van der Waals surface area (Å²) in [5.74, 6) is -0.884. The van der Waals surface area contributed by atoms with Gasteiger partial charge in [-0.25, -0.2) is 4.39 Å². The Morgan fingerprint density at radius 1 is 0.833 bits per heavy atom. The lowest BCUT2D eigenvalue weighted by Crippen LogP contribution is -2.23. The quantitative estimate of drug-likeness (QED) is 0.606. The van der Waals surface area contributed by atoms with Crippen molar-refractivity contribution >= 4 is 17.5 Å². The zero-order valence-electron chi connectivity index (χ0n) is 17.3. The van der Waals surface area contributed by atoms with Gasteiger partial charge in [0.15, 0.2) is 0 Å². The van der Waals surface area contributed by atoms with Crippen LogP contribution in [0.3, 0.4) is 0 Å². The summed E-state index contributed by atoms with van der Waals surface area (Å²) in [7, 11) is 0. The van der Waals surface area contributed by atoms with Crippen molar-refractivity contribution in [1.29, 1.82) is 0 Å². The van der Waals surface area contributed by atoms with Crippen LogP contribution in [0.25, 0.3) is 0 Å². The van der Waals surface area contributed by atoms with Crippen molar-refractivity contribution in [2.75, 3.05) is 5.32 Å². The van der Waals surface area contributed by atoms with Gasteiger partial charge in [0, 0.05) is 23.4 Å². The molecule has 3 aromatic rings. The maximum atomic E-state index is 13.2. The normalized spacial score (nSPS) is 11.1. The Labute approximate surface area is 176 Å². The Hall–Kier alpha value is -3.47. The lowest BCUT2D eigenvalue weighted by Gasteiger charge is -2.19. The second kappa shape index (κ2) is 8.91. The number of carbonyl (C=O) groups is 2. The third-order valence-electron chi connectivity index (χ3n) is 4.76. The fourth-order valence-electron chi connectivity index (χ4n) is 2.95. The molecule has 4 nitrogen and oxygen atoms in total. The second-order valence-corrected chi connectivity index (χ2v) is 8.17. The van der Waals surface area contributed by atoms with Crippen LogP contribution >= 0.6 is 0 Å². The molecule has 0 aromatic heterocycles. The number of amides is 2. The molecule has 154 valence electrons. The minimum atomic E-state index is -0.410. The van der Waals surface area contributed by atoms with Crippen LogP contribution in [-0.2, 0) is 12.0 Å². The first-order valence-electron chi connectivity index (χ1n) is 9.77. The number of rotatable bonds is 5.